The van der Waals surface area contributed by atoms with Gasteiger partial charge in [0, 0.05) is 31.6 Å². The van der Waals surface area contributed by atoms with Crippen molar-refractivity contribution in [2.24, 2.45) is 14.1 Å². The molecule has 0 fully saturated rings. The van der Waals surface area contributed by atoms with Crippen molar-refractivity contribution in [1.29, 1.82) is 0 Å². The van der Waals surface area contributed by atoms with Crippen LogP contribution in [0.15, 0.2) is 62.6 Å². The van der Waals surface area contributed by atoms with Crippen LogP contribution in [0.1, 0.15) is 12.5 Å². The molecule has 11 heteroatoms. The minimum atomic E-state index is -3.36. The van der Waals surface area contributed by atoms with Gasteiger partial charge in [0.15, 0.2) is 11.2 Å². The number of fused-ring (bicyclic) bond motifs is 1. The Morgan fingerprint density at radius 2 is 1.73 bits per heavy atom. The monoisotopic (exact) mass is 520 g/mol. The summed E-state index contributed by atoms with van der Waals surface area (Å²) in [5.41, 5.74) is 0.0784. The van der Waals surface area contributed by atoms with Gasteiger partial charge in [-0.1, -0.05) is 34.1 Å². The smallest absolute Gasteiger partial charge is 0.394 e. The molecule has 0 saturated heterocycles. The molecule has 2 heterocycles. The summed E-state index contributed by atoms with van der Waals surface area (Å²) < 4.78 is 41.6. The molecule has 0 unspecified atom stereocenters. The molecule has 0 bridgehead atoms. The lowest BCUT2D eigenvalue weighted by Crippen LogP contribution is -2.37. The minimum Gasteiger partial charge on any atom is -0.433 e. The first-order valence-corrected chi connectivity index (χ1v) is 10.6. The third-order valence-corrected chi connectivity index (χ3v) is 5.35. The molecule has 2 aromatic carbocycles. The van der Waals surface area contributed by atoms with Crippen molar-refractivity contribution in [3.8, 4) is 17.5 Å². The highest BCUT2D eigenvalue weighted by Crippen LogP contribution is 2.29. The van der Waals surface area contributed by atoms with Gasteiger partial charge in [-0.3, -0.25) is 18.5 Å². The number of imidazole rings is 1. The molecule has 2 aromatic heterocycles. The molecule has 172 valence electrons. The third-order valence-electron chi connectivity index (χ3n) is 4.85. The Balaban J connectivity index is 1.86. The van der Waals surface area contributed by atoms with Crippen molar-refractivity contribution in [3.05, 3.63) is 79.4 Å². The number of hydrogen-bond acceptors (Lipinski definition) is 5. The van der Waals surface area contributed by atoms with Crippen LogP contribution in [0.2, 0.25) is 0 Å². The zero-order chi connectivity index (χ0) is 23.9. The number of aromatic nitrogens is 4. The van der Waals surface area contributed by atoms with Gasteiger partial charge in [0.2, 0.25) is 0 Å². The second-order valence-electron chi connectivity index (χ2n) is 7.48. The van der Waals surface area contributed by atoms with Crippen LogP contribution in [0.4, 0.5) is 8.78 Å². The number of aryl methyl sites for hydroxylation is 1. The number of ether oxygens (including phenoxy) is 2. The number of rotatable bonds is 6. The molecule has 0 amide bonds. The summed E-state index contributed by atoms with van der Waals surface area (Å²) in [5, 5.41) is 0. The van der Waals surface area contributed by atoms with Crippen LogP contribution < -0.4 is 20.7 Å². The van der Waals surface area contributed by atoms with Crippen LogP contribution in [0.3, 0.4) is 0 Å². The molecule has 33 heavy (non-hydrogen) atoms. The van der Waals surface area contributed by atoms with Crippen molar-refractivity contribution in [2.75, 3.05) is 0 Å². The zero-order valence-electron chi connectivity index (χ0n) is 17.9. The molecular weight excluding hydrogens is 502 g/mol. The Labute approximate surface area is 194 Å². The van der Waals surface area contributed by atoms with Crippen LogP contribution >= 0.6 is 15.9 Å². The van der Waals surface area contributed by atoms with Gasteiger partial charge in [-0.15, -0.1) is 0 Å². The average Bonchev–Trinajstić information content (AvgIpc) is 3.08. The summed E-state index contributed by atoms with van der Waals surface area (Å²) in [4.78, 5) is 29.8. The molecule has 4 rings (SSSR count). The van der Waals surface area contributed by atoms with Gasteiger partial charge in [-0.2, -0.15) is 13.8 Å². The second-order valence-corrected chi connectivity index (χ2v) is 8.39. The quantitative estimate of drug-likeness (QED) is 0.383. The van der Waals surface area contributed by atoms with Gasteiger partial charge < -0.3 is 9.47 Å². The molecule has 4 aromatic rings. The summed E-state index contributed by atoms with van der Waals surface area (Å²) in [6.45, 7) is 0.843. The molecule has 0 atom stereocenters. The summed E-state index contributed by atoms with van der Waals surface area (Å²) in [7, 11) is 2.88. The van der Waals surface area contributed by atoms with Crippen LogP contribution in [0.5, 0.6) is 17.5 Å². The highest BCUT2D eigenvalue weighted by atomic mass is 79.9. The topological polar surface area (TPSA) is 80.3 Å². The van der Waals surface area contributed by atoms with E-state index in [1.54, 1.807) is 10.6 Å². The van der Waals surface area contributed by atoms with Crippen molar-refractivity contribution in [3.63, 3.8) is 0 Å². The van der Waals surface area contributed by atoms with E-state index < -0.39 is 17.4 Å². The molecule has 0 aliphatic heterocycles. The number of benzene rings is 2. The summed E-state index contributed by atoms with van der Waals surface area (Å²) in [5.74, 6) is 0.0716. The molecule has 0 N–H and O–H groups in total. The van der Waals surface area contributed by atoms with Gasteiger partial charge in [0.05, 0.1) is 6.54 Å². The van der Waals surface area contributed by atoms with E-state index in [9.17, 15) is 18.4 Å². The van der Waals surface area contributed by atoms with Gasteiger partial charge in [0.1, 0.15) is 11.5 Å². The standard InChI is InChI=1S/C22H19BrF2N4O4/c1-22(24,25)33-16-9-5-8-15(11-16)32-20-26-18-17(19(30)28(3)21(31)27(18)2)29(20)12-13-6-4-7-14(23)10-13/h4-11H,12H2,1-3H3. The van der Waals surface area contributed by atoms with E-state index in [0.717, 1.165) is 14.6 Å². The second kappa shape index (κ2) is 8.47. The number of halogens is 3. The number of hydrogen-bond donors (Lipinski definition) is 0. The van der Waals surface area contributed by atoms with Gasteiger partial charge in [-0.25, -0.2) is 4.79 Å². The maximum absolute atomic E-state index is 13.3. The van der Waals surface area contributed by atoms with Gasteiger partial charge in [-0.05, 0) is 29.8 Å². The zero-order valence-corrected chi connectivity index (χ0v) is 19.5. The lowest BCUT2D eigenvalue weighted by Gasteiger charge is -2.14. The van der Waals surface area contributed by atoms with E-state index in [2.05, 4.69) is 25.7 Å². The molecular formula is C22H19BrF2N4O4. The summed E-state index contributed by atoms with van der Waals surface area (Å²) in [6, 6.07) is 13.2. The Kier molecular flexibility index (Phi) is 5.83. The lowest BCUT2D eigenvalue weighted by atomic mass is 10.2. The lowest BCUT2D eigenvalue weighted by molar-refractivity contribution is -0.158. The first-order chi connectivity index (χ1) is 15.5. The van der Waals surface area contributed by atoms with Crippen LogP contribution in [0, 0.1) is 0 Å². The maximum Gasteiger partial charge on any atom is 0.394 e. The Hall–Kier alpha value is -3.47. The summed E-state index contributed by atoms with van der Waals surface area (Å²) in [6.07, 6.45) is -3.36. The molecule has 8 nitrogen and oxygen atoms in total. The molecule has 0 aliphatic carbocycles. The average molecular weight is 521 g/mol. The van der Waals surface area contributed by atoms with Crippen molar-refractivity contribution in [1.82, 2.24) is 18.7 Å². The summed E-state index contributed by atoms with van der Waals surface area (Å²) >= 11 is 3.42. The SMILES string of the molecule is Cn1c(=O)c2c(nc(Oc3cccc(OC(C)(F)F)c3)n2Cc2cccc(Br)c2)n(C)c1=O. The third kappa shape index (κ3) is 4.68. The fraction of sp³-hybridized carbons (Fsp3) is 0.227. The van der Waals surface area contributed by atoms with Crippen LogP contribution in [0.25, 0.3) is 11.2 Å². The Bertz CT molecular complexity index is 1470. The van der Waals surface area contributed by atoms with E-state index in [0.29, 0.717) is 6.92 Å². The van der Waals surface area contributed by atoms with E-state index in [1.165, 1.54) is 36.9 Å². The van der Waals surface area contributed by atoms with E-state index in [-0.39, 0.29) is 35.2 Å². The van der Waals surface area contributed by atoms with Crippen molar-refractivity contribution >= 4 is 27.1 Å². The van der Waals surface area contributed by atoms with E-state index in [1.807, 2.05) is 24.3 Å². The van der Waals surface area contributed by atoms with Gasteiger partial charge >= 0.3 is 17.8 Å². The molecule has 0 radical (unpaired) electrons. The number of alkyl halides is 2. The first kappa shape index (κ1) is 22.7. The predicted molar refractivity (Wildman–Crippen MR) is 121 cm³/mol. The Morgan fingerprint density at radius 3 is 2.42 bits per heavy atom. The van der Waals surface area contributed by atoms with E-state index >= 15 is 0 Å². The minimum absolute atomic E-state index is 0.0173. The number of nitrogens with zero attached hydrogens (tertiary/aromatic N) is 4. The Morgan fingerprint density at radius 1 is 1.03 bits per heavy atom. The van der Waals surface area contributed by atoms with Gasteiger partial charge in [0.25, 0.3) is 5.56 Å². The molecule has 0 aliphatic rings. The first-order valence-electron chi connectivity index (χ1n) is 9.79. The highest BCUT2D eigenvalue weighted by Gasteiger charge is 2.24. The van der Waals surface area contributed by atoms with E-state index in [4.69, 9.17) is 4.74 Å². The van der Waals surface area contributed by atoms with Crippen LogP contribution in [-0.4, -0.2) is 24.8 Å². The van der Waals surface area contributed by atoms with Crippen molar-refractivity contribution < 1.29 is 18.3 Å². The largest absolute Gasteiger partial charge is 0.433 e. The van der Waals surface area contributed by atoms with Crippen molar-refractivity contribution in [2.45, 2.75) is 19.6 Å². The van der Waals surface area contributed by atoms with Crippen LogP contribution in [-0.2, 0) is 20.6 Å². The fourth-order valence-electron chi connectivity index (χ4n) is 3.38. The molecule has 0 spiro atoms. The normalized spacial score (nSPS) is 11.7. The molecule has 0 saturated carbocycles. The fourth-order valence-corrected chi connectivity index (χ4v) is 3.83. The highest BCUT2D eigenvalue weighted by molar-refractivity contribution is 9.10. The maximum atomic E-state index is 13.3. The predicted octanol–water partition coefficient (Wildman–Crippen LogP) is 4.03.